The van der Waals surface area contributed by atoms with Crippen molar-refractivity contribution in [2.45, 2.75) is 25.7 Å². The minimum absolute atomic E-state index is 0.0666. The van der Waals surface area contributed by atoms with E-state index >= 15 is 0 Å². The van der Waals surface area contributed by atoms with Gasteiger partial charge in [-0.15, -0.1) is 0 Å². The van der Waals surface area contributed by atoms with Gasteiger partial charge in [0.15, 0.2) is 0 Å². The molecule has 0 unspecified atom stereocenters. The topological polar surface area (TPSA) is 41.1 Å². The van der Waals surface area contributed by atoms with Crippen LogP contribution in [0.3, 0.4) is 0 Å². The minimum Gasteiger partial charge on any atom is -0.326 e. The second-order valence-corrected chi connectivity index (χ2v) is 6.17. The molecule has 1 saturated heterocycles. The predicted octanol–water partition coefficient (Wildman–Crippen LogP) is 3.82. The number of benzene rings is 1. The molecule has 1 heterocycles. The lowest BCUT2D eigenvalue weighted by Gasteiger charge is -2.22. The first-order valence-electron chi connectivity index (χ1n) is 6.61. The highest BCUT2D eigenvalue weighted by molar-refractivity contribution is 9.10. The highest BCUT2D eigenvalue weighted by atomic mass is 79.9. The van der Waals surface area contributed by atoms with Crippen LogP contribution in [0.1, 0.15) is 25.7 Å². The van der Waals surface area contributed by atoms with Gasteiger partial charge in [0.25, 0.3) is 0 Å². The number of piperidine rings is 1. The lowest BCUT2D eigenvalue weighted by molar-refractivity contribution is -0.116. The second-order valence-electron chi connectivity index (χ2n) is 4.91. The van der Waals surface area contributed by atoms with Crippen molar-refractivity contribution < 1.29 is 4.79 Å². The Hall–Kier alpha value is -0.580. The van der Waals surface area contributed by atoms with E-state index in [9.17, 15) is 4.79 Å². The predicted molar refractivity (Wildman–Crippen MR) is 82.6 cm³/mol. The summed E-state index contributed by atoms with van der Waals surface area (Å²) in [5.41, 5.74) is 0.753. The van der Waals surface area contributed by atoms with Crippen LogP contribution in [0.25, 0.3) is 0 Å². The summed E-state index contributed by atoms with van der Waals surface area (Å²) in [5.74, 6) is 0.748. The quantitative estimate of drug-likeness (QED) is 0.871. The summed E-state index contributed by atoms with van der Waals surface area (Å²) in [4.78, 5) is 11.9. The van der Waals surface area contributed by atoms with E-state index in [4.69, 9.17) is 11.6 Å². The number of carbonyl (C=O) groups is 1. The number of amides is 1. The molecule has 0 aromatic heterocycles. The van der Waals surface area contributed by atoms with Crippen LogP contribution in [0, 0.1) is 5.92 Å². The van der Waals surface area contributed by atoms with Gasteiger partial charge in [-0.3, -0.25) is 4.79 Å². The molecule has 3 nitrogen and oxygen atoms in total. The van der Waals surface area contributed by atoms with Crippen LogP contribution in [0.4, 0.5) is 5.69 Å². The maximum atomic E-state index is 11.9. The van der Waals surface area contributed by atoms with Gasteiger partial charge in [-0.2, -0.15) is 0 Å². The molecule has 5 heteroatoms. The van der Waals surface area contributed by atoms with Crippen molar-refractivity contribution in [3.63, 3.8) is 0 Å². The van der Waals surface area contributed by atoms with Crippen molar-refractivity contribution in [2.24, 2.45) is 5.92 Å². The largest absolute Gasteiger partial charge is 0.326 e. The number of anilines is 1. The third kappa shape index (κ3) is 4.79. The molecular weight excluding hydrogens is 328 g/mol. The van der Waals surface area contributed by atoms with Crippen LogP contribution in [0.15, 0.2) is 22.7 Å². The van der Waals surface area contributed by atoms with E-state index in [2.05, 4.69) is 26.6 Å². The summed E-state index contributed by atoms with van der Waals surface area (Å²) in [6, 6.07) is 5.44. The van der Waals surface area contributed by atoms with Gasteiger partial charge in [0.1, 0.15) is 0 Å². The first-order valence-corrected chi connectivity index (χ1v) is 7.78. The number of rotatable bonds is 4. The van der Waals surface area contributed by atoms with Gasteiger partial charge >= 0.3 is 0 Å². The van der Waals surface area contributed by atoms with Crippen LogP contribution in [-0.2, 0) is 4.79 Å². The monoisotopic (exact) mass is 344 g/mol. The lowest BCUT2D eigenvalue weighted by atomic mass is 9.93. The van der Waals surface area contributed by atoms with Gasteiger partial charge in [-0.1, -0.05) is 11.6 Å². The van der Waals surface area contributed by atoms with E-state index in [0.29, 0.717) is 17.4 Å². The molecule has 0 atom stereocenters. The molecule has 0 bridgehead atoms. The fourth-order valence-electron chi connectivity index (χ4n) is 2.30. The Morgan fingerprint density at radius 2 is 2.16 bits per heavy atom. The number of nitrogens with one attached hydrogen (secondary N) is 2. The van der Waals surface area contributed by atoms with Crippen molar-refractivity contribution in [1.82, 2.24) is 5.32 Å². The Labute approximate surface area is 127 Å². The Bertz CT molecular complexity index is 447. The number of carbonyl (C=O) groups excluding carboxylic acids is 1. The standard InChI is InChI=1S/C14H18BrClN2O/c15-12-3-2-11(9-13(12)16)18-14(19)4-1-10-5-7-17-8-6-10/h2-3,9-10,17H,1,4-8H2,(H,18,19). The highest BCUT2D eigenvalue weighted by Crippen LogP contribution is 2.26. The van der Waals surface area contributed by atoms with Crippen LogP contribution >= 0.6 is 27.5 Å². The Morgan fingerprint density at radius 1 is 1.42 bits per heavy atom. The normalized spacial score (nSPS) is 16.3. The fourth-order valence-corrected chi connectivity index (χ4v) is 2.73. The molecule has 2 N–H and O–H groups in total. The first kappa shape index (κ1) is 14.8. The van der Waals surface area contributed by atoms with E-state index in [1.54, 1.807) is 6.07 Å². The average Bonchev–Trinajstić information content (AvgIpc) is 2.42. The highest BCUT2D eigenvalue weighted by Gasteiger charge is 2.14. The Kier molecular flexibility index (Phi) is 5.67. The molecule has 0 aliphatic carbocycles. The lowest BCUT2D eigenvalue weighted by Crippen LogP contribution is -2.28. The van der Waals surface area contributed by atoms with Crippen LogP contribution in [0.5, 0.6) is 0 Å². The number of halogens is 2. The third-order valence-corrected chi connectivity index (χ3v) is 4.67. The van der Waals surface area contributed by atoms with Crippen molar-refractivity contribution in [2.75, 3.05) is 18.4 Å². The zero-order valence-electron chi connectivity index (χ0n) is 10.7. The SMILES string of the molecule is O=C(CCC1CCNCC1)Nc1ccc(Br)c(Cl)c1. The molecule has 1 aliphatic heterocycles. The zero-order chi connectivity index (χ0) is 13.7. The summed E-state index contributed by atoms with van der Waals surface area (Å²) < 4.78 is 0.835. The molecule has 1 aromatic carbocycles. The molecule has 1 amide bonds. The maximum absolute atomic E-state index is 11.9. The molecular formula is C14H18BrClN2O. The minimum atomic E-state index is 0.0666. The van der Waals surface area contributed by atoms with Gasteiger partial charge in [0, 0.05) is 16.6 Å². The third-order valence-electron chi connectivity index (χ3n) is 3.44. The smallest absolute Gasteiger partial charge is 0.224 e. The van der Waals surface area contributed by atoms with E-state index in [0.717, 1.165) is 29.7 Å². The Balaban J connectivity index is 1.78. The summed E-state index contributed by atoms with van der Waals surface area (Å²) in [6.45, 7) is 2.16. The average molecular weight is 346 g/mol. The second kappa shape index (κ2) is 7.27. The van der Waals surface area contributed by atoms with Crippen molar-refractivity contribution in [3.8, 4) is 0 Å². The molecule has 104 valence electrons. The summed E-state index contributed by atoms with van der Waals surface area (Å²) in [7, 11) is 0. The van der Waals surface area contributed by atoms with E-state index in [1.165, 1.54) is 12.8 Å². The van der Waals surface area contributed by atoms with Crippen molar-refractivity contribution in [1.29, 1.82) is 0 Å². The van der Waals surface area contributed by atoms with Gasteiger partial charge in [0.2, 0.25) is 5.91 Å². The molecule has 2 rings (SSSR count). The molecule has 1 aromatic rings. The molecule has 0 spiro atoms. The van der Waals surface area contributed by atoms with Gasteiger partial charge in [0.05, 0.1) is 5.02 Å². The summed E-state index contributed by atoms with van der Waals surface area (Å²) >= 11 is 9.32. The number of hydrogen-bond donors (Lipinski definition) is 2. The van der Waals surface area contributed by atoms with Crippen LogP contribution in [0.2, 0.25) is 5.02 Å². The summed E-state index contributed by atoms with van der Waals surface area (Å²) in [5, 5.41) is 6.83. The molecule has 0 radical (unpaired) electrons. The molecule has 1 fully saturated rings. The Morgan fingerprint density at radius 3 is 2.84 bits per heavy atom. The molecule has 0 saturated carbocycles. The van der Waals surface area contributed by atoms with Gasteiger partial charge < -0.3 is 10.6 Å². The molecule has 19 heavy (non-hydrogen) atoms. The fraction of sp³-hybridized carbons (Fsp3) is 0.500. The molecule has 1 aliphatic rings. The van der Waals surface area contributed by atoms with Gasteiger partial charge in [-0.25, -0.2) is 0 Å². The number of hydrogen-bond acceptors (Lipinski definition) is 2. The maximum Gasteiger partial charge on any atom is 0.224 e. The van der Waals surface area contributed by atoms with E-state index in [-0.39, 0.29) is 5.91 Å². The van der Waals surface area contributed by atoms with Crippen molar-refractivity contribution >= 4 is 39.1 Å². The van der Waals surface area contributed by atoms with Crippen LogP contribution in [-0.4, -0.2) is 19.0 Å². The summed E-state index contributed by atoms with van der Waals surface area (Å²) in [6.07, 6.45) is 3.91. The zero-order valence-corrected chi connectivity index (χ0v) is 13.1. The first-order chi connectivity index (χ1) is 9.15. The van der Waals surface area contributed by atoms with Crippen molar-refractivity contribution in [3.05, 3.63) is 27.7 Å². The van der Waals surface area contributed by atoms with Gasteiger partial charge in [-0.05, 0) is 72.4 Å². The van der Waals surface area contributed by atoms with E-state index < -0.39 is 0 Å². The van der Waals surface area contributed by atoms with E-state index in [1.807, 2.05) is 12.1 Å². The van der Waals surface area contributed by atoms with Crippen LogP contribution < -0.4 is 10.6 Å².